The van der Waals surface area contributed by atoms with Crippen molar-refractivity contribution in [3.63, 3.8) is 0 Å². The van der Waals surface area contributed by atoms with Gasteiger partial charge < -0.3 is 15.3 Å². The quantitative estimate of drug-likeness (QED) is 0.851. The second-order valence-corrected chi connectivity index (χ2v) is 6.06. The van der Waals surface area contributed by atoms with Gasteiger partial charge in [0.15, 0.2) is 0 Å². The van der Waals surface area contributed by atoms with Crippen molar-refractivity contribution in [1.29, 1.82) is 0 Å². The minimum atomic E-state index is -0.188. The highest BCUT2D eigenvalue weighted by Crippen LogP contribution is 2.26. The Labute approximate surface area is 115 Å². The molecular weight excluding hydrogens is 236 g/mol. The van der Waals surface area contributed by atoms with Crippen LogP contribution in [0.1, 0.15) is 31.7 Å². The van der Waals surface area contributed by atoms with Gasteiger partial charge in [0.05, 0.1) is 6.10 Å². The van der Waals surface area contributed by atoms with Gasteiger partial charge in [-0.3, -0.25) is 0 Å². The summed E-state index contributed by atoms with van der Waals surface area (Å²) in [5.41, 5.74) is 2.65. The Hall–Kier alpha value is -1.06. The van der Waals surface area contributed by atoms with E-state index in [2.05, 4.69) is 34.5 Å². The number of benzene rings is 1. The van der Waals surface area contributed by atoms with Crippen LogP contribution in [-0.4, -0.2) is 30.3 Å². The van der Waals surface area contributed by atoms with Crippen molar-refractivity contribution in [1.82, 2.24) is 5.32 Å². The second-order valence-electron chi connectivity index (χ2n) is 6.06. The number of rotatable bonds is 5. The number of anilines is 1. The molecule has 1 heterocycles. The van der Waals surface area contributed by atoms with Crippen molar-refractivity contribution in [2.75, 3.05) is 18.0 Å². The van der Waals surface area contributed by atoms with Crippen LogP contribution in [-0.2, 0) is 6.54 Å². The van der Waals surface area contributed by atoms with Crippen LogP contribution in [0.3, 0.4) is 0 Å². The van der Waals surface area contributed by atoms with Crippen LogP contribution < -0.4 is 10.2 Å². The Morgan fingerprint density at radius 3 is 2.58 bits per heavy atom. The lowest BCUT2D eigenvalue weighted by molar-refractivity contribution is 0.136. The Morgan fingerprint density at radius 2 is 2.00 bits per heavy atom. The summed E-state index contributed by atoms with van der Waals surface area (Å²) >= 11 is 0. The van der Waals surface area contributed by atoms with Gasteiger partial charge in [-0.1, -0.05) is 12.1 Å². The summed E-state index contributed by atoms with van der Waals surface area (Å²) in [6, 6.07) is 9.65. The van der Waals surface area contributed by atoms with Gasteiger partial charge in [-0.25, -0.2) is 0 Å². The first kappa shape index (κ1) is 12.9. The lowest BCUT2D eigenvalue weighted by atomic mass is 10.0. The van der Waals surface area contributed by atoms with Crippen molar-refractivity contribution >= 4 is 5.69 Å². The molecule has 0 spiro atoms. The molecule has 19 heavy (non-hydrogen) atoms. The van der Waals surface area contributed by atoms with Gasteiger partial charge in [0.1, 0.15) is 0 Å². The van der Waals surface area contributed by atoms with Gasteiger partial charge in [0, 0.05) is 37.3 Å². The standard InChI is InChI=1S/C16H24N2O/c1-12(19)14-8-9-18(11-14)16-6-2-13(3-7-16)10-17-15-4-5-15/h2-3,6-7,12,14-15,17,19H,4-5,8-11H2,1H3. The molecule has 104 valence electrons. The zero-order chi connectivity index (χ0) is 13.2. The van der Waals surface area contributed by atoms with Gasteiger partial charge in [-0.2, -0.15) is 0 Å². The third-order valence-corrected chi connectivity index (χ3v) is 4.38. The van der Waals surface area contributed by atoms with Gasteiger partial charge in [0.25, 0.3) is 0 Å². The van der Waals surface area contributed by atoms with Gasteiger partial charge >= 0.3 is 0 Å². The zero-order valence-electron chi connectivity index (χ0n) is 11.7. The van der Waals surface area contributed by atoms with Crippen molar-refractivity contribution in [3.05, 3.63) is 29.8 Å². The van der Waals surface area contributed by atoms with Crippen molar-refractivity contribution in [2.45, 2.75) is 44.9 Å². The predicted molar refractivity (Wildman–Crippen MR) is 78.3 cm³/mol. The maximum absolute atomic E-state index is 9.65. The lowest BCUT2D eigenvalue weighted by Crippen LogP contribution is -2.23. The van der Waals surface area contributed by atoms with Gasteiger partial charge in [0.2, 0.25) is 0 Å². The third-order valence-electron chi connectivity index (χ3n) is 4.38. The van der Waals surface area contributed by atoms with Crippen LogP contribution in [0.15, 0.2) is 24.3 Å². The first-order valence-electron chi connectivity index (χ1n) is 7.48. The summed E-state index contributed by atoms with van der Waals surface area (Å²) < 4.78 is 0. The monoisotopic (exact) mass is 260 g/mol. The summed E-state index contributed by atoms with van der Waals surface area (Å²) in [6.45, 7) is 4.94. The average molecular weight is 260 g/mol. The number of nitrogens with zero attached hydrogens (tertiary/aromatic N) is 1. The number of nitrogens with one attached hydrogen (secondary N) is 1. The average Bonchev–Trinajstić information content (AvgIpc) is 3.11. The van der Waals surface area contributed by atoms with E-state index in [0.717, 1.165) is 32.1 Å². The summed E-state index contributed by atoms with van der Waals surface area (Å²) in [5, 5.41) is 13.2. The molecular formula is C16H24N2O. The van der Waals surface area contributed by atoms with E-state index in [9.17, 15) is 5.11 Å². The van der Waals surface area contributed by atoms with Crippen LogP contribution in [0.25, 0.3) is 0 Å². The highest BCUT2D eigenvalue weighted by molar-refractivity contribution is 5.48. The number of aliphatic hydroxyl groups excluding tert-OH is 1. The Bertz CT molecular complexity index is 411. The zero-order valence-corrected chi connectivity index (χ0v) is 11.7. The second kappa shape index (κ2) is 5.51. The van der Waals surface area contributed by atoms with E-state index in [-0.39, 0.29) is 6.10 Å². The summed E-state index contributed by atoms with van der Waals surface area (Å²) in [6.07, 6.45) is 3.59. The number of aliphatic hydroxyl groups is 1. The predicted octanol–water partition coefficient (Wildman–Crippen LogP) is 2.15. The minimum Gasteiger partial charge on any atom is -0.393 e. The summed E-state index contributed by atoms with van der Waals surface area (Å²) in [4.78, 5) is 2.38. The molecule has 2 aliphatic rings. The molecule has 2 fully saturated rings. The highest BCUT2D eigenvalue weighted by Gasteiger charge is 2.26. The minimum absolute atomic E-state index is 0.188. The molecule has 0 bridgehead atoms. The molecule has 2 unspecified atom stereocenters. The molecule has 1 saturated heterocycles. The Kier molecular flexibility index (Phi) is 3.76. The molecule has 0 amide bonds. The summed E-state index contributed by atoms with van der Waals surface area (Å²) in [7, 11) is 0. The van der Waals surface area contributed by atoms with Crippen LogP contribution >= 0.6 is 0 Å². The maximum Gasteiger partial charge on any atom is 0.0557 e. The molecule has 1 saturated carbocycles. The molecule has 0 aromatic heterocycles. The van der Waals surface area contributed by atoms with Crippen molar-refractivity contribution in [3.8, 4) is 0 Å². The van der Waals surface area contributed by atoms with Crippen molar-refractivity contribution in [2.24, 2.45) is 5.92 Å². The molecule has 3 rings (SSSR count). The SMILES string of the molecule is CC(O)C1CCN(c2ccc(CNC3CC3)cc2)C1. The van der Waals surface area contributed by atoms with E-state index >= 15 is 0 Å². The van der Waals surface area contributed by atoms with E-state index in [0.29, 0.717) is 5.92 Å². The number of hydrogen-bond acceptors (Lipinski definition) is 3. The normalized spacial score (nSPS) is 24.7. The van der Waals surface area contributed by atoms with E-state index in [4.69, 9.17) is 0 Å². The molecule has 2 atom stereocenters. The van der Waals surface area contributed by atoms with E-state index < -0.39 is 0 Å². The largest absolute Gasteiger partial charge is 0.393 e. The fourth-order valence-electron chi connectivity index (χ4n) is 2.79. The Balaban J connectivity index is 1.56. The fraction of sp³-hybridized carbons (Fsp3) is 0.625. The maximum atomic E-state index is 9.65. The fourth-order valence-corrected chi connectivity index (χ4v) is 2.79. The highest BCUT2D eigenvalue weighted by atomic mass is 16.3. The van der Waals surface area contributed by atoms with Crippen LogP contribution in [0.5, 0.6) is 0 Å². The topological polar surface area (TPSA) is 35.5 Å². The molecule has 1 aliphatic heterocycles. The van der Waals surface area contributed by atoms with Crippen LogP contribution in [0, 0.1) is 5.92 Å². The lowest BCUT2D eigenvalue weighted by Gasteiger charge is -2.20. The molecule has 1 aliphatic carbocycles. The van der Waals surface area contributed by atoms with E-state index in [1.807, 2.05) is 6.92 Å². The first-order valence-corrected chi connectivity index (χ1v) is 7.48. The molecule has 3 nitrogen and oxygen atoms in total. The van der Waals surface area contributed by atoms with Crippen LogP contribution in [0.2, 0.25) is 0 Å². The van der Waals surface area contributed by atoms with Crippen molar-refractivity contribution < 1.29 is 5.11 Å². The Morgan fingerprint density at radius 1 is 1.26 bits per heavy atom. The molecule has 1 aromatic carbocycles. The van der Waals surface area contributed by atoms with Crippen LogP contribution in [0.4, 0.5) is 5.69 Å². The molecule has 3 heteroatoms. The molecule has 2 N–H and O–H groups in total. The van der Waals surface area contributed by atoms with Gasteiger partial charge in [-0.15, -0.1) is 0 Å². The summed E-state index contributed by atoms with van der Waals surface area (Å²) in [5.74, 6) is 0.427. The number of hydrogen-bond donors (Lipinski definition) is 2. The van der Waals surface area contributed by atoms with E-state index in [1.165, 1.54) is 24.1 Å². The van der Waals surface area contributed by atoms with Gasteiger partial charge in [-0.05, 0) is 43.9 Å². The van der Waals surface area contributed by atoms with E-state index in [1.54, 1.807) is 0 Å². The smallest absolute Gasteiger partial charge is 0.0557 e. The first-order chi connectivity index (χ1) is 9.22. The third kappa shape index (κ3) is 3.28. The molecule has 0 radical (unpaired) electrons. The molecule has 1 aromatic rings.